The summed E-state index contributed by atoms with van der Waals surface area (Å²) in [6.45, 7) is 2.09. The molecule has 1 aromatic rings. The summed E-state index contributed by atoms with van der Waals surface area (Å²) in [5.74, 6) is 0.947. The van der Waals surface area contributed by atoms with Crippen LogP contribution in [0.25, 0.3) is 0 Å². The van der Waals surface area contributed by atoms with Crippen LogP contribution >= 0.6 is 0 Å². The van der Waals surface area contributed by atoms with Gasteiger partial charge < -0.3 is 0 Å². The zero-order chi connectivity index (χ0) is 12.8. The first-order valence-corrected chi connectivity index (χ1v) is 7.01. The largest absolute Gasteiger partial charge is 0.294 e. The van der Waals surface area contributed by atoms with Crippen molar-refractivity contribution in [1.82, 2.24) is 0 Å². The lowest BCUT2D eigenvalue weighted by Gasteiger charge is -2.18. The van der Waals surface area contributed by atoms with E-state index in [0.717, 1.165) is 5.56 Å². The Bertz CT molecular complexity index is 410. The highest BCUT2D eigenvalue weighted by atomic mass is 16.1. The average Bonchev–Trinajstić information content (AvgIpc) is 2.40. The Labute approximate surface area is 110 Å². The Morgan fingerprint density at radius 1 is 1.17 bits per heavy atom. The molecule has 2 rings (SSSR count). The van der Waals surface area contributed by atoms with E-state index in [9.17, 15) is 4.79 Å². The van der Waals surface area contributed by atoms with Crippen LogP contribution in [0.15, 0.2) is 42.0 Å². The second-order valence-electron chi connectivity index (χ2n) is 5.38. The highest BCUT2D eigenvalue weighted by molar-refractivity contribution is 5.97. The van der Waals surface area contributed by atoms with E-state index in [-0.39, 0.29) is 5.78 Å². The SMILES string of the molecule is C/C(=C\C1CCCCC1)CC(=O)c1ccccc1. The minimum Gasteiger partial charge on any atom is -0.294 e. The fraction of sp³-hybridized carbons (Fsp3) is 0.471. The van der Waals surface area contributed by atoms with E-state index < -0.39 is 0 Å². The van der Waals surface area contributed by atoms with Gasteiger partial charge in [-0.15, -0.1) is 0 Å². The molecular formula is C17H22O. The highest BCUT2D eigenvalue weighted by Gasteiger charge is 2.12. The molecule has 1 nitrogen and oxygen atoms in total. The van der Waals surface area contributed by atoms with Gasteiger partial charge in [0.25, 0.3) is 0 Å². The zero-order valence-corrected chi connectivity index (χ0v) is 11.2. The molecule has 0 amide bonds. The number of hydrogen-bond acceptors (Lipinski definition) is 1. The third kappa shape index (κ3) is 3.83. The number of rotatable bonds is 4. The Morgan fingerprint density at radius 2 is 1.83 bits per heavy atom. The number of carbonyl (C=O) groups excluding carboxylic acids is 1. The van der Waals surface area contributed by atoms with Gasteiger partial charge in [0.05, 0.1) is 0 Å². The number of benzene rings is 1. The van der Waals surface area contributed by atoms with Gasteiger partial charge in [0, 0.05) is 12.0 Å². The van der Waals surface area contributed by atoms with Crippen LogP contribution in [0.1, 0.15) is 55.8 Å². The van der Waals surface area contributed by atoms with Gasteiger partial charge in [0.1, 0.15) is 0 Å². The number of ketones is 1. The Balaban J connectivity index is 1.92. The predicted octanol–water partition coefficient (Wildman–Crippen LogP) is 4.79. The van der Waals surface area contributed by atoms with Crippen LogP contribution in [0.3, 0.4) is 0 Å². The standard InChI is InChI=1S/C17H22O/c1-14(12-15-8-4-2-5-9-15)13-17(18)16-10-6-3-7-11-16/h3,6-7,10-12,15H,2,4-5,8-9,13H2,1H3/b14-12+. The predicted molar refractivity (Wildman–Crippen MR) is 75.7 cm³/mol. The fourth-order valence-electron chi connectivity index (χ4n) is 2.74. The van der Waals surface area contributed by atoms with E-state index in [1.165, 1.54) is 37.7 Å². The summed E-state index contributed by atoms with van der Waals surface area (Å²) in [4.78, 5) is 12.1. The van der Waals surface area contributed by atoms with Crippen molar-refractivity contribution in [3.63, 3.8) is 0 Å². The second kappa shape index (κ2) is 6.53. The van der Waals surface area contributed by atoms with Crippen LogP contribution in [0.4, 0.5) is 0 Å². The number of allylic oxidation sites excluding steroid dienone is 2. The average molecular weight is 242 g/mol. The lowest BCUT2D eigenvalue weighted by Crippen LogP contribution is -2.05. The molecule has 0 bridgehead atoms. The molecule has 1 fully saturated rings. The van der Waals surface area contributed by atoms with E-state index in [1.54, 1.807) is 0 Å². The van der Waals surface area contributed by atoms with Crippen molar-refractivity contribution in [3.8, 4) is 0 Å². The highest BCUT2D eigenvalue weighted by Crippen LogP contribution is 2.26. The van der Waals surface area contributed by atoms with Crippen LogP contribution < -0.4 is 0 Å². The molecule has 1 heteroatoms. The molecule has 0 heterocycles. The van der Waals surface area contributed by atoms with E-state index >= 15 is 0 Å². The van der Waals surface area contributed by atoms with Crippen LogP contribution in [-0.4, -0.2) is 5.78 Å². The van der Waals surface area contributed by atoms with Crippen molar-refractivity contribution < 1.29 is 4.79 Å². The van der Waals surface area contributed by atoms with Crippen molar-refractivity contribution in [2.24, 2.45) is 5.92 Å². The van der Waals surface area contributed by atoms with Crippen LogP contribution in [0.2, 0.25) is 0 Å². The molecule has 0 atom stereocenters. The maximum atomic E-state index is 12.1. The van der Waals surface area contributed by atoms with Gasteiger partial charge in [-0.2, -0.15) is 0 Å². The molecule has 0 unspecified atom stereocenters. The molecule has 0 N–H and O–H groups in total. The maximum absolute atomic E-state index is 12.1. The quantitative estimate of drug-likeness (QED) is 0.548. The van der Waals surface area contributed by atoms with Gasteiger partial charge in [0.15, 0.2) is 5.78 Å². The molecule has 96 valence electrons. The van der Waals surface area contributed by atoms with E-state index in [1.807, 2.05) is 30.3 Å². The normalized spacial score (nSPS) is 17.7. The van der Waals surface area contributed by atoms with Crippen molar-refractivity contribution in [1.29, 1.82) is 0 Å². The Kier molecular flexibility index (Phi) is 4.74. The summed E-state index contributed by atoms with van der Waals surface area (Å²) < 4.78 is 0. The van der Waals surface area contributed by atoms with Gasteiger partial charge in [-0.1, -0.05) is 61.2 Å². The summed E-state index contributed by atoms with van der Waals surface area (Å²) in [6.07, 6.45) is 9.59. The van der Waals surface area contributed by atoms with Crippen molar-refractivity contribution in [2.75, 3.05) is 0 Å². The minimum absolute atomic E-state index is 0.236. The van der Waals surface area contributed by atoms with Crippen LogP contribution in [0.5, 0.6) is 0 Å². The Morgan fingerprint density at radius 3 is 2.50 bits per heavy atom. The third-order valence-electron chi connectivity index (χ3n) is 3.71. The third-order valence-corrected chi connectivity index (χ3v) is 3.71. The molecule has 0 aliphatic heterocycles. The molecule has 1 aliphatic rings. The molecule has 18 heavy (non-hydrogen) atoms. The second-order valence-corrected chi connectivity index (χ2v) is 5.38. The first kappa shape index (κ1) is 13.1. The smallest absolute Gasteiger partial charge is 0.166 e. The molecule has 1 aliphatic carbocycles. The van der Waals surface area contributed by atoms with Gasteiger partial charge >= 0.3 is 0 Å². The topological polar surface area (TPSA) is 17.1 Å². The monoisotopic (exact) mass is 242 g/mol. The molecule has 1 saturated carbocycles. The van der Waals surface area contributed by atoms with Crippen molar-refractivity contribution >= 4 is 5.78 Å². The maximum Gasteiger partial charge on any atom is 0.166 e. The zero-order valence-electron chi connectivity index (χ0n) is 11.2. The molecule has 0 saturated heterocycles. The summed E-state index contributed by atoms with van der Waals surface area (Å²) >= 11 is 0. The van der Waals surface area contributed by atoms with Gasteiger partial charge in [-0.3, -0.25) is 4.79 Å². The van der Waals surface area contributed by atoms with Crippen LogP contribution in [-0.2, 0) is 0 Å². The minimum atomic E-state index is 0.236. The van der Waals surface area contributed by atoms with Crippen molar-refractivity contribution in [3.05, 3.63) is 47.5 Å². The lowest BCUT2D eigenvalue weighted by molar-refractivity contribution is 0.0993. The molecule has 0 radical (unpaired) electrons. The first-order chi connectivity index (χ1) is 8.75. The van der Waals surface area contributed by atoms with Gasteiger partial charge in [-0.05, 0) is 25.7 Å². The first-order valence-electron chi connectivity index (χ1n) is 7.01. The van der Waals surface area contributed by atoms with E-state index in [0.29, 0.717) is 12.3 Å². The summed E-state index contributed by atoms with van der Waals surface area (Å²) in [6, 6.07) is 9.59. The number of carbonyl (C=O) groups is 1. The summed E-state index contributed by atoms with van der Waals surface area (Å²) in [5.41, 5.74) is 2.06. The molecule has 0 spiro atoms. The van der Waals surface area contributed by atoms with E-state index in [4.69, 9.17) is 0 Å². The van der Waals surface area contributed by atoms with Crippen molar-refractivity contribution in [2.45, 2.75) is 45.4 Å². The molecule has 1 aromatic carbocycles. The van der Waals surface area contributed by atoms with Gasteiger partial charge in [0.2, 0.25) is 0 Å². The van der Waals surface area contributed by atoms with Gasteiger partial charge in [-0.25, -0.2) is 0 Å². The number of Topliss-reactive ketones (excluding diaryl/α,β-unsaturated/α-hetero) is 1. The fourth-order valence-corrected chi connectivity index (χ4v) is 2.74. The lowest BCUT2D eigenvalue weighted by atomic mass is 9.87. The molecule has 0 aromatic heterocycles. The number of hydrogen-bond donors (Lipinski definition) is 0. The molecular weight excluding hydrogens is 220 g/mol. The summed E-state index contributed by atoms with van der Waals surface area (Å²) in [5, 5.41) is 0. The van der Waals surface area contributed by atoms with Crippen LogP contribution in [0, 0.1) is 5.92 Å². The van der Waals surface area contributed by atoms with E-state index in [2.05, 4.69) is 13.0 Å². The Hall–Kier alpha value is -1.37. The summed E-state index contributed by atoms with van der Waals surface area (Å²) in [7, 11) is 0.